The Kier molecular flexibility index (Phi) is 4.59. The van der Waals surface area contributed by atoms with Crippen LogP contribution in [0, 0.1) is 0 Å². The lowest BCUT2D eigenvalue weighted by molar-refractivity contribution is 0.196. The van der Waals surface area contributed by atoms with Crippen LogP contribution in [0.3, 0.4) is 0 Å². The van der Waals surface area contributed by atoms with Gasteiger partial charge in [-0.25, -0.2) is 19.2 Å². The molecule has 2 heterocycles. The van der Waals surface area contributed by atoms with E-state index in [1.54, 1.807) is 0 Å². The van der Waals surface area contributed by atoms with E-state index in [0.29, 0.717) is 24.9 Å². The van der Waals surface area contributed by atoms with Crippen molar-refractivity contribution in [2.24, 2.45) is 5.84 Å². The van der Waals surface area contributed by atoms with E-state index in [1.807, 2.05) is 14.1 Å². The van der Waals surface area contributed by atoms with Crippen LogP contribution in [-0.4, -0.2) is 55.8 Å². The molecular weight excluding hydrogens is 278 g/mol. The van der Waals surface area contributed by atoms with Crippen molar-refractivity contribution in [1.82, 2.24) is 14.2 Å². The van der Waals surface area contributed by atoms with E-state index in [2.05, 4.69) is 15.3 Å². The molecule has 1 fully saturated rings. The molecule has 0 saturated carbocycles. The highest BCUT2D eigenvalue weighted by atomic mass is 32.2. The predicted octanol–water partition coefficient (Wildman–Crippen LogP) is 0.0819. The molecule has 0 bridgehead atoms. The van der Waals surface area contributed by atoms with Crippen molar-refractivity contribution < 1.29 is 8.42 Å². The third-order valence-corrected chi connectivity index (χ3v) is 5.57. The largest absolute Gasteiger partial charge is 0.308 e. The maximum absolute atomic E-state index is 12.5. The van der Waals surface area contributed by atoms with Gasteiger partial charge in [0.05, 0.1) is 4.90 Å². The summed E-state index contributed by atoms with van der Waals surface area (Å²) in [5.41, 5.74) is 2.36. The van der Waals surface area contributed by atoms with Crippen molar-refractivity contribution >= 4 is 15.8 Å². The van der Waals surface area contributed by atoms with Gasteiger partial charge in [-0.1, -0.05) is 0 Å². The Morgan fingerprint density at radius 1 is 1.40 bits per heavy atom. The number of pyridine rings is 1. The first kappa shape index (κ1) is 15.2. The summed E-state index contributed by atoms with van der Waals surface area (Å²) in [6, 6.07) is 3.39. The fraction of sp³-hybridized carbons (Fsp3) is 0.583. The van der Waals surface area contributed by atoms with Gasteiger partial charge in [0.15, 0.2) is 0 Å². The van der Waals surface area contributed by atoms with Gasteiger partial charge in [-0.2, -0.15) is 4.31 Å². The van der Waals surface area contributed by atoms with Gasteiger partial charge < -0.3 is 10.3 Å². The maximum Gasteiger partial charge on any atom is 0.243 e. The van der Waals surface area contributed by atoms with Crippen molar-refractivity contribution in [3.05, 3.63) is 18.3 Å². The molecule has 8 heteroatoms. The molecule has 1 aromatic heterocycles. The predicted molar refractivity (Wildman–Crippen MR) is 77.5 cm³/mol. The number of nitrogens with zero attached hydrogens (tertiary/aromatic N) is 3. The number of sulfonamides is 1. The first-order valence-corrected chi connectivity index (χ1v) is 7.98. The highest BCUT2D eigenvalue weighted by Crippen LogP contribution is 2.23. The highest BCUT2D eigenvalue weighted by Gasteiger charge is 2.30. The van der Waals surface area contributed by atoms with Crippen LogP contribution < -0.4 is 11.3 Å². The Labute approximate surface area is 119 Å². The van der Waals surface area contributed by atoms with E-state index in [4.69, 9.17) is 5.84 Å². The lowest BCUT2D eigenvalue weighted by Crippen LogP contribution is -2.44. The number of nitrogens with one attached hydrogen (secondary N) is 1. The lowest BCUT2D eigenvalue weighted by Gasteiger charge is -2.34. The SMILES string of the molecule is CN(C)C1CCN(S(=O)(=O)c2ccnc(NN)c2)CC1. The Bertz CT molecular complexity index is 553. The minimum atomic E-state index is -3.46. The fourth-order valence-corrected chi connectivity index (χ4v) is 3.88. The molecule has 0 aliphatic carbocycles. The molecular formula is C12H21N5O2S. The second kappa shape index (κ2) is 6.04. The van der Waals surface area contributed by atoms with Gasteiger partial charge in [0.2, 0.25) is 10.0 Å². The molecule has 112 valence electrons. The molecule has 2 rings (SSSR count). The third-order valence-electron chi connectivity index (χ3n) is 3.67. The zero-order valence-corrected chi connectivity index (χ0v) is 12.6. The summed E-state index contributed by atoms with van der Waals surface area (Å²) in [5.74, 6) is 5.61. The van der Waals surface area contributed by atoms with Crippen LogP contribution in [-0.2, 0) is 10.0 Å². The summed E-state index contributed by atoms with van der Waals surface area (Å²) in [6.07, 6.45) is 3.13. The van der Waals surface area contributed by atoms with Crippen molar-refractivity contribution in [2.45, 2.75) is 23.8 Å². The van der Waals surface area contributed by atoms with Crippen molar-refractivity contribution in [3.8, 4) is 0 Å². The Morgan fingerprint density at radius 2 is 2.05 bits per heavy atom. The van der Waals surface area contributed by atoms with Crippen LogP contribution >= 0.6 is 0 Å². The minimum absolute atomic E-state index is 0.226. The van der Waals surface area contributed by atoms with Crippen LogP contribution in [0.15, 0.2) is 23.2 Å². The van der Waals surface area contributed by atoms with Gasteiger partial charge >= 0.3 is 0 Å². The molecule has 1 aliphatic rings. The molecule has 0 spiro atoms. The number of aromatic nitrogens is 1. The van der Waals surface area contributed by atoms with E-state index in [-0.39, 0.29) is 4.90 Å². The first-order valence-electron chi connectivity index (χ1n) is 6.54. The number of hydrogen-bond donors (Lipinski definition) is 2. The Balaban J connectivity index is 2.15. The second-order valence-corrected chi connectivity index (χ2v) is 7.06. The van der Waals surface area contributed by atoms with Gasteiger partial charge in [-0.15, -0.1) is 0 Å². The monoisotopic (exact) mass is 299 g/mol. The topological polar surface area (TPSA) is 91.6 Å². The lowest BCUT2D eigenvalue weighted by atomic mass is 10.1. The summed E-state index contributed by atoms with van der Waals surface area (Å²) in [5, 5.41) is 0. The van der Waals surface area contributed by atoms with Gasteiger partial charge in [-0.05, 0) is 33.0 Å². The summed E-state index contributed by atoms with van der Waals surface area (Å²) < 4.78 is 26.6. The third kappa shape index (κ3) is 3.09. The fourth-order valence-electron chi connectivity index (χ4n) is 2.40. The number of nitrogen functional groups attached to an aromatic ring is 1. The van der Waals surface area contributed by atoms with Crippen LogP contribution in [0.5, 0.6) is 0 Å². The zero-order valence-electron chi connectivity index (χ0n) is 11.8. The van der Waals surface area contributed by atoms with E-state index >= 15 is 0 Å². The van der Waals surface area contributed by atoms with Crippen LogP contribution in [0.1, 0.15) is 12.8 Å². The standard InChI is InChI=1S/C12H21N5O2S/c1-16(2)10-4-7-17(8-5-10)20(18,19)11-3-6-14-12(9-11)15-13/h3,6,9-10H,4-5,7-8,13H2,1-2H3,(H,14,15). The van der Waals surface area contributed by atoms with Crippen molar-refractivity contribution in [1.29, 1.82) is 0 Å². The summed E-state index contributed by atoms with van der Waals surface area (Å²) in [6.45, 7) is 1.08. The maximum atomic E-state index is 12.5. The summed E-state index contributed by atoms with van der Waals surface area (Å²) in [4.78, 5) is 6.30. The van der Waals surface area contributed by atoms with Gasteiger partial charge in [0.25, 0.3) is 0 Å². The molecule has 1 aliphatic heterocycles. The Hall–Kier alpha value is -1.22. The normalized spacial score (nSPS) is 18.4. The van der Waals surface area contributed by atoms with Crippen molar-refractivity contribution in [3.63, 3.8) is 0 Å². The van der Waals surface area contributed by atoms with Gasteiger partial charge in [0.1, 0.15) is 5.82 Å². The summed E-state index contributed by atoms with van der Waals surface area (Å²) in [7, 11) is 0.585. The molecule has 20 heavy (non-hydrogen) atoms. The average Bonchev–Trinajstić information content (AvgIpc) is 2.47. The van der Waals surface area contributed by atoms with Crippen LogP contribution in [0.25, 0.3) is 0 Å². The molecule has 0 aromatic carbocycles. The number of hydrogen-bond acceptors (Lipinski definition) is 6. The van der Waals surface area contributed by atoms with E-state index < -0.39 is 10.0 Å². The number of anilines is 1. The van der Waals surface area contributed by atoms with E-state index in [9.17, 15) is 8.42 Å². The molecule has 3 N–H and O–H groups in total. The molecule has 1 saturated heterocycles. The molecule has 0 radical (unpaired) electrons. The van der Waals surface area contributed by atoms with Gasteiger partial charge in [0, 0.05) is 31.4 Å². The first-order chi connectivity index (χ1) is 9.45. The molecule has 0 unspecified atom stereocenters. The molecule has 0 atom stereocenters. The average molecular weight is 299 g/mol. The second-order valence-electron chi connectivity index (χ2n) is 5.12. The molecule has 7 nitrogen and oxygen atoms in total. The van der Waals surface area contributed by atoms with E-state index in [1.165, 1.54) is 22.6 Å². The number of hydrazine groups is 1. The quantitative estimate of drug-likeness (QED) is 0.604. The smallest absolute Gasteiger partial charge is 0.243 e. The van der Waals surface area contributed by atoms with Crippen LogP contribution in [0.4, 0.5) is 5.82 Å². The van der Waals surface area contributed by atoms with Crippen molar-refractivity contribution in [2.75, 3.05) is 32.6 Å². The number of nitrogens with two attached hydrogens (primary N) is 1. The zero-order chi connectivity index (χ0) is 14.8. The number of piperidine rings is 1. The minimum Gasteiger partial charge on any atom is -0.308 e. The van der Waals surface area contributed by atoms with Crippen LogP contribution in [0.2, 0.25) is 0 Å². The Morgan fingerprint density at radius 3 is 2.60 bits per heavy atom. The molecule has 1 aromatic rings. The summed E-state index contributed by atoms with van der Waals surface area (Å²) >= 11 is 0. The molecule has 0 amide bonds. The van der Waals surface area contributed by atoms with E-state index in [0.717, 1.165) is 12.8 Å². The highest BCUT2D eigenvalue weighted by molar-refractivity contribution is 7.89. The van der Waals surface area contributed by atoms with Gasteiger partial charge in [-0.3, -0.25) is 0 Å². The number of rotatable bonds is 4.